The summed E-state index contributed by atoms with van der Waals surface area (Å²) in [6, 6.07) is 14.0. The number of aromatic nitrogens is 1. The zero-order chi connectivity index (χ0) is 20.9. The van der Waals surface area contributed by atoms with Crippen LogP contribution in [0.25, 0.3) is 0 Å². The van der Waals surface area contributed by atoms with E-state index in [0.29, 0.717) is 13.0 Å². The Morgan fingerprint density at radius 1 is 1.20 bits per heavy atom. The molecule has 2 N–H and O–H groups in total. The van der Waals surface area contributed by atoms with Crippen molar-refractivity contribution in [2.75, 3.05) is 11.9 Å². The van der Waals surface area contributed by atoms with Crippen LogP contribution in [0.15, 0.2) is 67.0 Å². The number of nitrogens with zero attached hydrogens (tertiary/aromatic N) is 2. The lowest BCUT2D eigenvalue weighted by Gasteiger charge is -2.34. The molecule has 0 bridgehead atoms. The van der Waals surface area contributed by atoms with Gasteiger partial charge in [0.15, 0.2) is 11.6 Å². The van der Waals surface area contributed by atoms with Gasteiger partial charge in [0.25, 0.3) is 5.91 Å². The van der Waals surface area contributed by atoms with Gasteiger partial charge in [0.05, 0.1) is 6.04 Å². The standard InChI is InChI=1S/C23H18FN3O3/c24-17-8-7-14(12-19(17)28)21(29)27-11-9-23(20(27)15-4-3-10-25-13-15)16-5-1-2-6-18(16)26-22(23)30/h1-8,10,12-13,20,28H,9,11H2,(H,26,30). The smallest absolute Gasteiger partial charge is 0.254 e. The molecule has 3 aromatic rings. The van der Waals surface area contributed by atoms with E-state index in [9.17, 15) is 19.1 Å². The SMILES string of the molecule is O=C(c1ccc(F)c(O)c1)N1CCC2(C(=O)Nc3ccccc32)C1c1cccnc1. The molecular weight excluding hydrogens is 385 g/mol. The van der Waals surface area contributed by atoms with E-state index in [4.69, 9.17) is 0 Å². The van der Waals surface area contributed by atoms with Gasteiger partial charge in [-0.1, -0.05) is 24.3 Å². The summed E-state index contributed by atoms with van der Waals surface area (Å²) in [5, 5.41) is 12.7. The number of phenolic OH excluding ortho intramolecular Hbond substituents is 1. The molecular formula is C23H18FN3O3. The fourth-order valence-corrected chi connectivity index (χ4v) is 4.72. The molecule has 1 fully saturated rings. The number of halogens is 1. The summed E-state index contributed by atoms with van der Waals surface area (Å²) in [4.78, 5) is 32.5. The molecule has 2 unspecified atom stereocenters. The third-order valence-corrected chi connectivity index (χ3v) is 6.04. The first-order valence-corrected chi connectivity index (χ1v) is 9.63. The molecule has 2 amide bonds. The molecule has 3 heterocycles. The Hall–Kier alpha value is -3.74. The Morgan fingerprint density at radius 2 is 2.03 bits per heavy atom. The number of carbonyl (C=O) groups excluding carboxylic acids is 2. The molecule has 6 nitrogen and oxygen atoms in total. The van der Waals surface area contributed by atoms with Gasteiger partial charge >= 0.3 is 0 Å². The van der Waals surface area contributed by atoms with Crippen LogP contribution < -0.4 is 5.32 Å². The number of pyridine rings is 1. The first-order valence-electron chi connectivity index (χ1n) is 9.63. The quantitative estimate of drug-likeness (QED) is 0.687. The zero-order valence-electron chi connectivity index (χ0n) is 15.9. The number of hydrogen-bond acceptors (Lipinski definition) is 4. The van der Waals surface area contributed by atoms with Gasteiger partial charge in [0.2, 0.25) is 5.91 Å². The highest BCUT2D eigenvalue weighted by Crippen LogP contribution is 2.54. The maximum absolute atomic E-state index is 13.5. The van der Waals surface area contributed by atoms with E-state index in [1.54, 1.807) is 23.4 Å². The molecule has 0 saturated carbocycles. The van der Waals surface area contributed by atoms with Gasteiger partial charge in [-0.3, -0.25) is 14.6 Å². The normalized spacial score (nSPS) is 22.2. The summed E-state index contributed by atoms with van der Waals surface area (Å²) in [5.74, 6) is -1.92. The molecule has 30 heavy (non-hydrogen) atoms. The second-order valence-electron chi connectivity index (χ2n) is 7.57. The van der Waals surface area contributed by atoms with Crippen molar-refractivity contribution in [2.45, 2.75) is 17.9 Å². The number of nitrogens with one attached hydrogen (secondary N) is 1. The van der Waals surface area contributed by atoms with Crippen LogP contribution in [0.3, 0.4) is 0 Å². The second kappa shape index (κ2) is 6.66. The van der Waals surface area contributed by atoms with E-state index in [1.165, 1.54) is 6.07 Å². The molecule has 2 atom stereocenters. The Labute approximate surface area is 172 Å². The number of benzene rings is 2. The zero-order valence-corrected chi connectivity index (χ0v) is 15.9. The van der Waals surface area contributed by atoms with Crippen LogP contribution in [0.1, 0.15) is 33.9 Å². The number of hydrogen-bond donors (Lipinski definition) is 2. The molecule has 0 radical (unpaired) electrons. The Balaban J connectivity index is 1.66. The topological polar surface area (TPSA) is 82.5 Å². The number of fused-ring (bicyclic) bond motifs is 2. The molecule has 2 aromatic carbocycles. The minimum Gasteiger partial charge on any atom is -0.505 e. The number of amides is 2. The van der Waals surface area contributed by atoms with Crippen molar-refractivity contribution in [1.29, 1.82) is 0 Å². The van der Waals surface area contributed by atoms with E-state index >= 15 is 0 Å². The lowest BCUT2D eigenvalue weighted by Crippen LogP contribution is -2.42. The van der Waals surface area contributed by atoms with Gasteiger partial charge in [0.1, 0.15) is 5.41 Å². The molecule has 2 aliphatic rings. The van der Waals surface area contributed by atoms with Crippen LogP contribution in [0.2, 0.25) is 0 Å². The van der Waals surface area contributed by atoms with Crippen molar-refractivity contribution in [2.24, 2.45) is 0 Å². The summed E-state index contributed by atoms with van der Waals surface area (Å²) < 4.78 is 13.5. The van der Waals surface area contributed by atoms with E-state index in [1.807, 2.05) is 30.3 Å². The van der Waals surface area contributed by atoms with Crippen molar-refractivity contribution in [3.8, 4) is 5.75 Å². The molecule has 2 aliphatic heterocycles. The Kier molecular flexibility index (Phi) is 4.06. The summed E-state index contributed by atoms with van der Waals surface area (Å²) in [7, 11) is 0. The van der Waals surface area contributed by atoms with Crippen LogP contribution >= 0.6 is 0 Å². The van der Waals surface area contributed by atoms with Crippen molar-refractivity contribution in [3.05, 3.63) is 89.5 Å². The summed E-state index contributed by atoms with van der Waals surface area (Å²) in [5.41, 5.74) is 1.54. The highest BCUT2D eigenvalue weighted by atomic mass is 19.1. The minimum atomic E-state index is -0.947. The molecule has 7 heteroatoms. The number of anilines is 1. The van der Waals surface area contributed by atoms with E-state index < -0.39 is 23.0 Å². The lowest BCUT2D eigenvalue weighted by atomic mass is 9.73. The van der Waals surface area contributed by atoms with Crippen LogP contribution in [0, 0.1) is 5.82 Å². The minimum absolute atomic E-state index is 0.158. The Bertz CT molecular complexity index is 1170. The maximum Gasteiger partial charge on any atom is 0.254 e. The number of para-hydroxylation sites is 1. The molecule has 0 aliphatic carbocycles. The van der Waals surface area contributed by atoms with E-state index in [2.05, 4.69) is 10.3 Å². The number of likely N-dealkylation sites (tertiary alicyclic amines) is 1. The van der Waals surface area contributed by atoms with Crippen LogP contribution in [-0.4, -0.2) is 33.3 Å². The number of rotatable bonds is 2. The van der Waals surface area contributed by atoms with Crippen molar-refractivity contribution in [3.63, 3.8) is 0 Å². The monoisotopic (exact) mass is 403 g/mol. The first-order chi connectivity index (χ1) is 14.5. The summed E-state index contributed by atoms with van der Waals surface area (Å²) in [6.45, 7) is 0.332. The first kappa shape index (κ1) is 18.3. The third kappa shape index (κ3) is 2.51. The van der Waals surface area contributed by atoms with Crippen molar-refractivity contribution >= 4 is 17.5 Å². The highest BCUT2D eigenvalue weighted by Gasteiger charge is 2.59. The maximum atomic E-state index is 13.5. The number of aromatic hydroxyl groups is 1. The van der Waals surface area contributed by atoms with E-state index in [0.717, 1.165) is 28.9 Å². The van der Waals surface area contributed by atoms with Crippen LogP contribution in [0.4, 0.5) is 10.1 Å². The van der Waals surface area contributed by atoms with Crippen LogP contribution in [-0.2, 0) is 10.2 Å². The highest BCUT2D eigenvalue weighted by molar-refractivity contribution is 6.08. The van der Waals surface area contributed by atoms with Gasteiger partial charge in [-0.25, -0.2) is 4.39 Å². The fourth-order valence-electron chi connectivity index (χ4n) is 4.72. The van der Waals surface area contributed by atoms with Gasteiger partial charge in [0, 0.05) is 30.2 Å². The average molecular weight is 403 g/mol. The van der Waals surface area contributed by atoms with Crippen molar-refractivity contribution < 1.29 is 19.1 Å². The van der Waals surface area contributed by atoms with Crippen LogP contribution in [0.5, 0.6) is 5.75 Å². The molecule has 1 spiro atoms. The molecule has 5 rings (SSSR count). The number of carbonyl (C=O) groups is 2. The predicted molar refractivity (Wildman–Crippen MR) is 107 cm³/mol. The fraction of sp³-hybridized carbons (Fsp3) is 0.174. The molecule has 1 saturated heterocycles. The second-order valence-corrected chi connectivity index (χ2v) is 7.57. The average Bonchev–Trinajstić information content (AvgIpc) is 3.30. The number of phenols is 1. The molecule has 150 valence electrons. The van der Waals surface area contributed by atoms with E-state index in [-0.39, 0.29) is 17.4 Å². The van der Waals surface area contributed by atoms with Crippen molar-refractivity contribution in [1.82, 2.24) is 9.88 Å². The third-order valence-electron chi connectivity index (χ3n) is 6.04. The summed E-state index contributed by atoms with van der Waals surface area (Å²) >= 11 is 0. The van der Waals surface area contributed by atoms with Gasteiger partial charge in [-0.15, -0.1) is 0 Å². The summed E-state index contributed by atoms with van der Waals surface area (Å²) in [6.07, 6.45) is 3.74. The van der Waals surface area contributed by atoms with Gasteiger partial charge < -0.3 is 15.3 Å². The predicted octanol–water partition coefficient (Wildman–Crippen LogP) is 3.40. The molecule has 1 aromatic heterocycles. The largest absolute Gasteiger partial charge is 0.505 e. The Morgan fingerprint density at radius 3 is 2.80 bits per heavy atom. The van der Waals surface area contributed by atoms with Gasteiger partial charge in [-0.2, -0.15) is 0 Å². The van der Waals surface area contributed by atoms with Gasteiger partial charge in [-0.05, 0) is 47.9 Å². The lowest BCUT2D eigenvalue weighted by molar-refractivity contribution is -0.121.